The van der Waals surface area contributed by atoms with Crippen LogP contribution < -0.4 is 4.90 Å². The Balaban J connectivity index is 1.41. The molecule has 2 atom stereocenters. The minimum atomic E-state index is -1.15. The van der Waals surface area contributed by atoms with Crippen LogP contribution in [0.2, 0.25) is 25.7 Å². The van der Waals surface area contributed by atoms with Crippen LogP contribution in [0.15, 0.2) is 36.7 Å². The lowest BCUT2D eigenvalue weighted by Gasteiger charge is -2.48. The summed E-state index contributed by atoms with van der Waals surface area (Å²) in [5.74, 6) is -1.45. The SMILES string of the molecule is C[Si](C)(C)CCOCn1cnc2cc(N3C(=O)C(C4CC4)C3c3c(F)cc(I)cc3F)ccc21. The van der Waals surface area contributed by atoms with E-state index in [-0.39, 0.29) is 23.3 Å². The average molecular weight is 596 g/mol. The molecule has 1 aliphatic heterocycles. The zero-order chi connectivity index (χ0) is 24.2. The predicted molar refractivity (Wildman–Crippen MR) is 139 cm³/mol. The van der Waals surface area contributed by atoms with Crippen molar-refractivity contribution in [1.82, 2.24) is 9.55 Å². The molecule has 0 spiro atoms. The number of rotatable bonds is 8. The molecular formula is C25H28F2IN3O2Si. The number of hydrogen-bond donors (Lipinski definition) is 0. The molecule has 0 bridgehead atoms. The quantitative estimate of drug-likeness (QED) is 0.132. The van der Waals surface area contributed by atoms with Gasteiger partial charge in [-0.3, -0.25) is 4.79 Å². The second-order valence-electron chi connectivity index (χ2n) is 10.5. The van der Waals surface area contributed by atoms with E-state index < -0.39 is 25.8 Å². The minimum Gasteiger partial charge on any atom is -0.361 e. The Morgan fingerprint density at radius 2 is 1.85 bits per heavy atom. The minimum absolute atomic E-state index is 0.0154. The first-order chi connectivity index (χ1) is 16.1. The summed E-state index contributed by atoms with van der Waals surface area (Å²) in [6.07, 6.45) is 3.58. The molecule has 2 fully saturated rings. The fourth-order valence-electron chi connectivity index (χ4n) is 4.70. The highest BCUT2D eigenvalue weighted by Crippen LogP contribution is 2.54. The average Bonchev–Trinajstić information content (AvgIpc) is 3.48. The first kappa shape index (κ1) is 23.9. The lowest BCUT2D eigenvalue weighted by atomic mass is 9.78. The number of hydrogen-bond acceptors (Lipinski definition) is 3. The van der Waals surface area contributed by atoms with Gasteiger partial charge in [-0.1, -0.05) is 19.6 Å². The van der Waals surface area contributed by atoms with E-state index in [1.807, 2.05) is 45.4 Å². The number of β-lactam (4-membered cyclic amide) rings is 1. The predicted octanol–water partition coefficient (Wildman–Crippen LogP) is 6.35. The van der Waals surface area contributed by atoms with Crippen LogP contribution in [0.4, 0.5) is 14.5 Å². The van der Waals surface area contributed by atoms with Gasteiger partial charge in [0.05, 0.1) is 29.3 Å². The number of amides is 1. The van der Waals surface area contributed by atoms with Crippen molar-refractivity contribution in [3.8, 4) is 0 Å². The third-order valence-electron chi connectivity index (χ3n) is 6.72. The Morgan fingerprint density at radius 3 is 2.50 bits per heavy atom. The van der Waals surface area contributed by atoms with Crippen molar-refractivity contribution in [2.75, 3.05) is 11.5 Å². The van der Waals surface area contributed by atoms with Gasteiger partial charge in [-0.2, -0.15) is 0 Å². The van der Waals surface area contributed by atoms with E-state index in [9.17, 15) is 13.6 Å². The summed E-state index contributed by atoms with van der Waals surface area (Å²) >= 11 is 1.90. The Bertz CT molecular complexity index is 1230. The van der Waals surface area contributed by atoms with E-state index in [4.69, 9.17) is 4.74 Å². The third-order valence-corrected chi connectivity index (χ3v) is 9.05. The second kappa shape index (κ2) is 8.98. The molecule has 180 valence electrons. The standard InChI is InChI=1S/C25H28F2IN3O2Si/c1-34(2,3)9-8-33-14-30-13-29-20-12-17(6-7-21(20)30)31-24(22(25(31)32)15-4-5-15)23-18(26)10-16(28)11-19(23)27/h6-7,10-13,15,22,24H,4-5,8-9,14H2,1-3H3. The molecule has 9 heteroatoms. The van der Waals surface area contributed by atoms with Gasteiger partial charge in [0.1, 0.15) is 18.4 Å². The molecule has 3 aromatic rings. The molecule has 2 heterocycles. The van der Waals surface area contributed by atoms with Gasteiger partial charge in [-0.15, -0.1) is 0 Å². The van der Waals surface area contributed by atoms with Gasteiger partial charge in [0.25, 0.3) is 0 Å². The van der Waals surface area contributed by atoms with Crippen molar-refractivity contribution in [1.29, 1.82) is 0 Å². The summed E-state index contributed by atoms with van der Waals surface area (Å²) in [4.78, 5) is 19.2. The molecule has 34 heavy (non-hydrogen) atoms. The molecular weight excluding hydrogens is 567 g/mol. The first-order valence-electron chi connectivity index (χ1n) is 11.6. The highest BCUT2D eigenvalue weighted by molar-refractivity contribution is 14.1. The fraction of sp³-hybridized carbons (Fsp3) is 0.440. The molecule has 1 aromatic heterocycles. The smallest absolute Gasteiger partial charge is 0.233 e. The van der Waals surface area contributed by atoms with Crippen LogP contribution in [0.25, 0.3) is 11.0 Å². The van der Waals surface area contributed by atoms with Crippen molar-refractivity contribution in [2.45, 2.75) is 51.3 Å². The van der Waals surface area contributed by atoms with E-state index in [1.54, 1.807) is 11.2 Å². The van der Waals surface area contributed by atoms with Crippen molar-refractivity contribution in [2.24, 2.45) is 11.8 Å². The summed E-state index contributed by atoms with van der Waals surface area (Å²) in [6, 6.07) is 8.67. The number of anilines is 1. The lowest BCUT2D eigenvalue weighted by Crippen LogP contribution is -2.56. The van der Waals surface area contributed by atoms with E-state index in [1.165, 1.54) is 12.1 Å². The van der Waals surface area contributed by atoms with Gasteiger partial charge in [0.2, 0.25) is 5.91 Å². The molecule has 0 N–H and O–H groups in total. The van der Waals surface area contributed by atoms with Crippen LogP contribution in [0, 0.1) is 27.0 Å². The van der Waals surface area contributed by atoms with Gasteiger partial charge in [0, 0.05) is 29.5 Å². The molecule has 1 saturated carbocycles. The summed E-state index contributed by atoms with van der Waals surface area (Å²) < 4.78 is 38.1. The highest BCUT2D eigenvalue weighted by Gasteiger charge is 2.56. The van der Waals surface area contributed by atoms with Gasteiger partial charge < -0.3 is 14.2 Å². The summed E-state index contributed by atoms with van der Waals surface area (Å²) in [5.41, 5.74) is 2.21. The molecule has 0 radical (unpaired) electrons. The van der Waals surface area contributed by atoms with Crippen LogP contribution in [0.1, 0.15) is 24.4 Å². The van der Waals surface area contributed by atoms with E-state index >= 15 is 0 Å². The Morgan fingerprint density at radius 1 is 1.15 bits per heavy atom. The Labute approximate surface area is 212 Å². The number of benzene rings is 2. The Kier molecular flexibility index (Phi) is 6.30. The second-order valence-corrected chi connectivity index (χ2v) is 17.4. The first-order valence-corrected chi connectivity index (χ1v) is 16.4. The normalized spacial score (nSPS) is 20.8. The number of ether oxygens (including phenoxy) is 1. The number of carbonyl (C=O) groups excluding carboxylic acids is 1. The van der Waals surface area contributed by atoms with Gasteiger partial charge in [-0.05, 0) is 77.7 Å². The third kappa shape index (κ3) is 4.54. The summed E-state index contributed by atoms with van der Waals surface area (Å²) in [6.45, 7) is 8.07. The zero-order valence-electron chi connectivity index (χ0n) is 19.5. The summed E-state index contributed by atoms with van der Waals surface area (Å²) in [7, 11) is -1.15. The molecule has 1 aliphatic carbocycles. The number of halogens is 3. The number of nitrogens with zero attached hydrogens (tertiary/aromatic N) is 3. The molecule has 5 rings (SSSR count). The van der Waals surface area contributed by atoms with Crippen molar-refractivity contribution in [3.05, 3.63) is 57.4 Å². The number of aromatic nitrogens is 2. The Hall–Kier alpha value is -1.85. The molecule has 2 unspecified atom stereocenters. The van der Waals surface area contributed by atoms with E-state index in [0.717, 1.165) is 29.9 Å². The van der Waals surface area contributed by atoms with Crippen LogP contribution in [0.5, 0.6) is 0 Å². The fourth-order valence-corrected chi connectivity index (χ4v) is 6.01. The molecule has 5 nitrogen and oxygen atoms in total. The maximum atomic E-state index is 14.9. The van der Waals surface area contributed by atoms with Gasteiger partial charge in [-0.25, -0.2) is 13.8 Å². The monoisotopic (exact) mass is 595 g/mol. The van der Waals surface area contributed by atoms with Crippen LogP contribution in [-0.2, 0) is 16.3 Å². The number of fused-ring (bicyclic) bond motifs is 1. The topological polar surface area (TPSA) is 47.4 Å². The van der Waals surface area contributed by atoms with Gasteiger partial charge >= 0.3 is 0 Å². The van der Waals surface area contributed by atoms with E-state index in [2.05, 4.69) is 24.6 Å². The van der Waals surface area contributed by atoms with Crippen LogP contribution >= 0.6 is 22.6 Å². The lowest BCUT2D eigenvalue weighted by molar-refractivity contribution is -0.131. The highest BCUT2D eigenvalue weighted by atomic mass is 127. The van der Waals surface area contributed by atoms with Gasteiger partial charge in [0.15, 0.2) is 0 Å². The maximum Gasteiger partial charge on any atom is 0.233 e. The number of imidazole rings is 1. The molecule has 2 aromatic carbocycles. The summed E-state index contributed by atoms with van der Waals surface area (Å²) in [5, 5.41) is 0. The zero-order valence-corrected chi connectivity index (χ0v) is 22.7. The largest absolute Gasteiger partial charge is 0.361 e. The van der Waals surface area contributed by atoms with Crippen molar-refractivity contribution >= 4 is 53.3 Å². The molecule has 1 amide bonds. The van der Waals surface area contributed by atoms with Crippen LogP contribution in [0.3, 0.4) is 0 Å². The molecule has 2 aliphatic rings. The maximum absolute atomic E-state index is 14.9. The van der Waals surface area contributed by atoms with Crippen LogP contribution in [-0.4, -0.2) is 30.1 Å². The number of carbonyl (C=O) groups is 1. The molecule has 1 saturated heterocycles. The van der Waals surface area contributed by atoms with E-state index in [0.29, 0.717) is 22.6 Å². The van der Waals surface area contributed by atoms with Crippen molar-refractivity contribution < 1.29 is 18.3 Å². The van der Waals surface area contributed by atoms with Crippen molar-refractivity contribution in [3.63, 3.8) is 0 Å².